The summed E-state index contributed by atoms with van der Waals surface area (Å²) in [5, 5.41) is 19.6. The molecule has 6 heteroatoms. The van der Waals surface area contributed by atoms with E-state index in [-0.39, 0.29) is 6.61 Å². The van der Waals surface area contributed by atoms with Gasteiger partial charge in [0.05, 0.1) is 11.5 Å². The number of aliphatic hydroxyl groups excluding tert-OH is 1. The molecule has 20 heavy (non-hydrogen) atoms. The second kappa shape index (κ2) is 6.21. The maximum Gasteiger partial charge on any atom is 0.277 e. The van der Waals surface area contributed by atoms with E-state index in [1.165, 1.54) is 11.8 Å². The number of aromatic nitrogens is 2. The van der Waals surface area contributed by atoms with Gasteiger partial charge in [0.25, 0.3) is 11.1 Å². The first-order chi connectivity index (χ1) is 9.85. The highest BCUT2D eigenvalue weighted by molar-refractivity contribution is 7.98. The fourth-order valence-electron chi connectivity index (χ4n) is 1.65. The molecule has 102 valence electrons. The Morgan fingerprint density at radius 1 is 1.10 bits per heavy atom. The molecule has 4 nitrogen and oxygen atoms in total. The molecule has 0 unspecified atom stereocenters. The van der Waals surface area contributed by atoms with Crippen LogP contribution in [-0.4, -0.2) is 15.3 Å². The summed E-state index contributed by atoms with van der Waals surface area (Å²) in [7, 11) is 0. The summed E-state index contributed by atoms with van der Waals surface area (Å²) in [5.74, 6) is 1.33. The predicted molar refractivity (Wildman–Crippen MR) is 79.5 cm³/mol. The Hall–Kier alpha value is -1.63. The second-order valence-corrected chi connectivity index (χ2v) is 5.99. The molecule has 2 aromatic heterocycles. The van der Waals surface area contributed by atoms with Crippen LogP contribution in [0.5, 0.6) is 0 Å². The standard InChI is InChI=1S/C14H12N2O2S2/c17-8-10-3-5-11(6-4-10)9-20-14-16-15-13(18-14)12-2-1-7-19-12/h1-7,17H,8-9H2. The number of thiophene rings is 1. The Kier molecular flexibility index (Phi) is 4.15. The Labute approximate surface area is 124 Å². The van der Waals surface area contributed by atoms with Crippen LogP contribution in [0.2, 0.25) is 0 Å². The van der Waals surface area contributed by atoms with Gasteiger partial charge in [-0.15, -0.1) is 21.5 Å². The largest absolute Gasteiger partial charge is 0.410 e. The number of nitrogens with zero attached hydrogens (tertiary/aromatic N) is 2. The van der Waals surface area contributed by atoms with Crippen LogP contribution in [0.15, 0.2) is 51.4 Å². The van der Waals surface area contributed by atoms with Crippen molar-refractivity contribution in [3.63, 3.8) is 0 Å². The summed E-state index contributed by atoms with van der Waals surface area (Å²) < 4.78 is 5.61. The zero-order valence-electron chi connectivity index (χ0n) is 10.5. The first kappa shape index (κ1) is 13.4. The molecule has 3 aromatic rings. The molecule has 0 aliphatic carbocycles. The van der Waals surface area contributed by atoms with E-state index in [2.05, 4.69) is 10.2 Å². The zero-order chi connectivity index (χ0) is 13.8. The Bertz CT molecular complexity index is 663. The van der Waals surface area contributed by atoms with Gasteiger partial charge in [-0.3, -0.25) is 0 Å². The van der Waals surface area contributed by atoms with Crippen LogP contribution in [-0.2, 0) is 12.4 Å². The molecule has 0 amide bonds. The number of benzene rings is 1. The van der Waals surface area contributed by atoms with Gasteiger partial charge in [-0.1, -0.05) is 42.1 Å². The lowest BCUT2D eigenvalue weighted by molar-refractivity contribution is 0.282. The van der Waals surface area contributed by atoms with Crippen molar-refractivity contribution < 1.29 is 9.52 Å². The Morgan fingerprint density at radius 2 is 1.90 bits per heavy atom. The highest BCUT2D eigenvalue weighted by Crippen LogP contribution is 2.28. The van der Waals surface area contributed by atoms with Gasteiger partial charge < -0.3 is 9.52 Å². The highest BCUT2D eigenvalue weighted by Gasteiger charge is 2.09. The van der Waals surface area contributed by atoms with Crippen molar-refractivity contribution in [1.29, 1.82) is 0 Å². The van der Waals surface area contributed by atoms with Gasteiger partial charge in [0.1, 0.15) is 0 Å². The molecule has 1 N–H and O–H groups in total. The van der Waals surface area contributed by atoms with E-state index in [9.17, 15) is 0 Å². The molecular formula is C14H12N2O2S2. The number of hydrogen-bond acceptors (Lipinski definition) is 6. The number of aliphatic hydroxyl groups is 1. The number of hydrogen-bond donors (Lipinski definition) is 1. The summed E-state index contributed by atoms with van der Waals surface area (Å²) in [5.41, 5.74) is 2.07. The molecule has 0 saturated carbocycles. The highest BCUT2D eigenvalue weighted by atomic mass is 32.2. The van der Waals surface area contributed by atoms with Gasteiger partial charge in [0, 0.05) is 5.75 Å². The minimum absolute atomic E-state index is 0.0707. The molecule has 1 aromatic carbocycles. The summed E-state index contributed by atoms with van der Waals surface area (Å²) in [4.78, 5) is 0.983. The minimum Gasteiger partial charge on any atom is -0.410 e. The minimum atomic E-state index is 0.0707. The van der Waals surface area contributed by atoms with Crippen LogP contribution in [0.1, 0.15) is 11.1 Å². The summed E-state index contributed by atoms with van der Waals surface area (Å²) in [6, 6.07) is 11.7. The van der Waals surface area contributed by atoms with E-state index < -0.39 is 0 Å². The first-order valence-corrected chi connectivity index (χ1v) is 7.90. The lowest BCUT2D eigenvalue weighted by atomic mass is 10.2. The van der Waals surface area contributed by atoms with Crippen molar-refractivity contribution in [2.75, 3.05) is 0 Å². The lowest BCUT2D eigenvalue weighted by Crippen LogP contribution is -1.85. The predicted octanol–water partition coefficient (Wildman–Crippen LogP) is 3.58. The third-order valence-corrected chi connectivity index (χ3v) is 4.45. The van der Waals surface area contributed by atoms with E-state index in [0.29, 0.717) is 11.1 Å². The maximum absolute atomic E-state index is 8.99. The SMILES string of the molecule is OCc1ccc(CSc2nnc(-c3cccs3)o2)cc1. The van der Waals surface area contributed by atoms with Crippen LogP contribution < -0.4 is 0 Å². The third kappa shape index (κ3) is 3.09. The van der Waals surface area contributed by atoms with Gasteiger partial charge >= 0.3 is 0 Å². The fraction of sp³-hybridized carbons (Fsp3) is 0.143. The van der Waals surface area contributed by atoms with Gasteiger partial charge in [-0.05, 0) is 22.6 Å². The van der Waals surface area contributed by atoms with E-state index in [1.54, 1.807) is 11.3 Å². The molecule has 0 saturated heterocycles. The van der Waals surface area contributed by atoms with Gasteiger partial charge in [-0.2, -0.15) is 0 Å². The van der Waals surface area contributed by atoms with Crippen molar-refractivity contribution in [2.45, 2.75) is 17.6 Å². The second-order valence-electron chi connectivity index (χ2n) is 4.11. The van der Waals surface area contributed by atoms with Gasteiger partial charge in [0.2, 0.25) is 0 Å². The average molecular weight is 304 g/mol. The molecule has 0 aliphatic heterocycles. The quantitative estimate of drug-likeness (QED) is 0.730. The fourth-order valence-corrected chi connectivity index (χ4v) is 3.02. The van der Waals surface area contributed by atoms with Gasteiger partial charge in [0.15, 0.2) is 0 Å². The topological polar surface area (TPSA) is 59.2 Å². The molecule has 0 atom stereocenters. The monoisotopic (exact) mass is 304 g/mol. The van der Waals surface area contributed by atoms with Crippen molar-refractivity contribution in [3.8, 4) is 10.8 Å². The number of rotatable bonds is 5. The maximum atomic E-state index is 8.99. The Morgan fingerprint density at radius 3 is 2.60 bits per heavy atom. The molecule has 0 aliphatic rings. The van der Waals surface area contributed by atoms with E-state index in [4.69, 9.17) is 9.52 Å². The van der Waals surface area contributed by atoms with Crippen molar-refractivity contribution in [3.05, 3.63) is 52.9 Å². The van der Waals surface area contributed by atoms with Crippen molar-refractivity contribution in [1.82, 2.24) is 10.2 Å². The first-order valence-electron chi connectivity index (χ1n) is 6.04. The smallest absolute Gasteiger partial charge is 0.277 e. The normalized spacial score (nSPS) is 10.8. The molecular weight excluding hydrogens is 292 g/mol. The van der Waals surface area contributed by atoms with Crippen molar-refractivity contribution in [2.24, 2.45) is 0 Å². The molecule has 3 rings (SSSR count). The van der Waals surface area contributed by atoms with Crippen molar-refractivity contribution >= 4 is 23.1 Å². The van der Waals surface area contributed by atoms with Crippen LogP contribution >= 0.6 is 23.1 Å². The van der Waals surface area contributed by atoms with Crippen LogP contribution in [0.25, 0.3) is 10.8 Å². The molecule has 0 spiro atoms. The summed E-state index contributed by atoms with van der Waals surface area (Å²) in [6.07, 6.45) is 0. The van der Waals surface area contributed by atoms with Crippen LogP contribution in [0.4, 0.5) is 0 Å². The third-order valence-electron chi connectivity index (χ3n) is 2.71. The zero-order valence-corrected chi connectivity index (χ0v) is 12.2. The molecule has 2 heterocycles. The van der Waals surface area contributed by atoms with Crippen LogP contribution in [0.3, 0.4) is 0 Å². The average Bonchev–Trinajstić information content (AvgIpc) is 3.16. The Balaban J connectivity index is 1.63. The molecule has 0 radical (unpaired) electrons. The summed E-state index contributed by atoms with van der Waals surface area (Å²) in [6.45, 7) is 0.0707. The molecule has 0 bridgehead atoms. The van der Waals surface area contributed by atoms with E-state index >= 15 is 0 Å². The number of thioether (sulfide) groups is 1. The summed E-state index contributed by atoms with van der Waals surface area (Å²) >= 11 is 3.09. The van der Waals surface area contributed by atoms with Crippen LogP contribution in [0, 0.1) is 0 Å². The van der Waals surface area contributed by atoms with Gasteiger partial charge in [-0.25, -0.2) is 0 Å². The molecule has 0 fully saturated rings. The van der Waals surface area contributed by atoms with E-state index in [0.717, 1.165) is 21.8 Å². The van der Waals surface area contributed by atoms with E-state index in [1.807, 2.05) is 41.8 Å². The lowest BCUT2D eigenvalue weighted by Gasteiger charge is -2.00.